The van der Waals surface area contributed by atoms with E-state index in [1.807, 2.05) is 6.92 Å². The number of nitrogens with zero attached hydrogens (tertiary/aromatic N) is 1. The monoisotopic (exact) mass is 483 g/mol. The van der Waals surface area contributed by atoms with E-state index in [0.29, 0.717) is 21.9 Å². The van der Waals surface area contributed by atoms with E-state index in [1.54, 1.807) is 60.7 Å². The van der Waals surface area contributed by atoms with Gasteiger partial charge in [0.15, 0.2) is 5.76 Å². The van der Waals surface area contributed by atoms with Crippen molar-refractivity contribution < 1.29 is 23.1 Å². The lowest BCUT2D eigenvalue weighted by Gasteiger charge is -2.27. The summed E-state index contributed by atoms with van der Waals surface area (Å²) in [7, 11) is -2.66. The first-order chi connectivity index (χ1) is 15.7. The molecule has 6 nitrogen and oxygen atoms in total. The van der Waals surface area contributed by atoms with Gasteiger partial charge < -0.3 is 14.7 Å². The van der Waals surface area contributed by atoms with Gasteiger partial charge in [0.05, 0.1) is 24.6 Å². The SMILES string of the molecule is COc1ccccc1CN1C(=O)C(O)=C(S(=O)(=O)c2ccc(C)cc2)C1c1ccc(Cl)cc1. The Morgan fingerprint density at radius 1 is 1.00 bits per heavy atom. The van der Waals surface area contributed by atoms with Crippen molar-refractivity contribution in [1.82, 2.24) is 4.90 Å². The molecule has 4 rings (SSSR count). The predicted octanol–water partition coefficient (Wildman–Crippen LogP) is 4.98. The van der Waals surface area contributed by atoms with Crippen LogP contribution in [0.25, 0.3) is 0 Å². The maximum atomic E-state index is 13.6. The zero-order chi connectivity index (χ0) is 23.8. The van der Waals surface area contributed by atoms with Crippen molar-refractivity contribution in [1.29, 1.82) is 0 Å². The van der Waals surface area contributed by atoms with Gasteiger partial charge in [-0.1, -0.05) is 59.6 Å². The van der Waals surface area contributed by atoms with Crippen LogP contribution in [-0.4, -0.2) is 31.4 Å². The first-order valence-corrected chi connectivity index (χ1v) is 12.0. The summed E-state index contributed by atoms with van der Waals surface area (Å²) >= 11 is 6.04. The van der Waals surface area contributed by atoms with E-state index < -0.39 is 27.5 Å². The summed E-state index contributed by atoms with van der Waals surface area (Å²) in [5, 5.41) is 11.3. The molecule has 0 spiro atoms. The number of carbonyl (C=O) groups excluding carboxylic acids is 1. The van der Waals surface area contributed by atoms with Gasteiger partial charge in [0.1, 0.15) is 10.7 Å². The summed E-state index contributed by atoms with van der Waals surface area (Å²) in [5.41, 5.74) is 2.08. The van der Waals surface area contributed by atoms with E-state index in [4.69, 9.17) is 16.3 Å². The van der Waals surface area contributed by atoms with Crippen LogP contribution in [0.1, 0.15) is 22.7 Å². The Morgan fingerprint density at radius 3 is 2.27 bits per heavy atom. The summed E-state index contributed by atoms with van der Waals surface area (Å²) in [4.78, 5) is 14.2. The van der Waals surface area contributed by atoms with E-state index >= 15 is 0 Å². The molecule has 33 heavy (non-hydrogen) atoms. The second kappa shape index (κ2) is 8.92. The molecule has 1 unspecified atom stereocenters. The standard InChI is InChI=1S/C25H22ClNO5S/c1-16-7-13-20(14-8-16)33(30,31)24-22(17-9-11-19(26)12-10-17)27(25(29)23(24)28)15-18-5-3-4-6-21(18)32-2/h3-14,22,28H,15H2,1-2H3. The molecule has 0 saturated heterocycles. The average molecular weight is 484 g/mol. The highest BCUT2D eigenvalue weighted by Crippen LogP contribution is 2.44. The topological polar surface area (TPSA) is 83.9 Å². The number of aliphatic hydroxyl groups excluding tert-OH is 1. The molecule has 1 atom stereocenters. The molecule has 0 bridgehead atoms. The number of halogens is 1. The van der Waals surface area contributed by atoms with Crippen molar-refractivity contribution in [3.8, 4) is 5.75 Å². The number of methoxy groups -OCH3 is 1. The Balaban J connectivity index is 1.86. The van der Waals surface area contributed by atoms with E-state index in [1.165, 1.54) is 24.1 Å². The summed E-state index contributed by atoms with van der Waals surface area (Å²) < 4.78 is 32.7. The van der Waals surface area contributed by atoms with Crippen LogP contribution >= 0.6 is 11.6 Å². The van der Waals surface area contributed by atoms with E-state index in [0.717, 1.165) is 5.56 Å². The molecule has 8 heteroatoms. The summed E-state index contributed by atoms with van der Waals surface area (Å²) in [6.45, 7) is 1.88. The Bertz CT molecular complexity index is 1330. The maximum Gasteiger partial charge on any atom is 0.290 e. The highest BCUT2D eigenvalue weighted by molar-refractivity contribution is 7.95. The number of para-hydroxylation sites is 1. The zero-order valence-corrected chi connectivity index (χ0v) is 19.6. The predicted molar refractivity (Wildman–Crippen MR) is 126 cm³/mol. The van der Waals surface area contributed by atoms with Crippen LogP contribution in [0.2, 0.25) is 5.02 Å². The largest absolute Gasteiger partial charge is 0.502 e. The van der Waals surface area contributed by atoms with E-state index in [-0.39, 0.29) is 16.3 Å². The lowest BCUT2D eigenvalue weighted by Crippen LogP contribution is -2.30. The fourth-order valence-electron chi connectivity index (χ4n) is 3.90. The third-order valence-electron chi connectivity index (χ3n) is 5.60. The molecule has 3 aromatic rings. The molecule has 1 heterocycles. The second-order valence-corrected chi connectivity index (χ2v) is 10.1. The molecular weight excluding hydrogens is 462 g/mol. The van der Waals surface area contributed by atoms with Gasteiger partial charge in [0.25, 0.3) is 5.91 Å². The molecule has 0 radical (unpaired) electrons. The van der Waals surface area contributed by atoms with Crippen molar-refractivity contribution in [2.75, 3.05) is 7.11 Å². The van der Waals surface area contributed by atoms with E-state index in [9.17, 15) is 18.3 Å². The molecule has 0 aliphatic carbocycles. The van der Waals surface area contributed by atoms with Gasteiger partial charge in [-0.05, 0) is 42.8 Å². The van der Waals surface area contributed by atoms with Gasteiger partial charge in [0, 0.05) is 10.6 Å². The number of hydrogen-bond donors (Lipinski definition) is 1. The van der Waals surface area contributed by atoms with Crippen molar-refractivity contribution in [3.63, 3.8) is 0 Å². The molecular formula is C25H22ClNO5S. The number of rotatable bonds is 6. The van der Waals surface area contributed by atoms with Gasteiger partial charge >= 0.3 is 0 Å². The Labute approximate surface area is 197 Å². The number of hydrogen-bond acceptors (Lipinski definition) is 5. The number of benzene rings is 3. The highest BCUT2D eigenvalue weighted by atomic mass is 35.5. The molecule has 0 saturated carbocycles. The smallest absolute Gasteiger partial charge is 0.290 e. The summed E-state index contributed by atoms with van der Waals surface area (Å²) in [6, 6.07) is 18.9. The van der Waals surface area contributed by atoms with Gasteiger partial charge in [0.2, 0.25) is 9.84 Å². The van der Waals surface area contributed by atoms with Gasteiger partial charge in [-0.2, -0.15) is 0 Å². The molecule has 0 fully saturated rings. The third kappa shape index (κ3) is 4.21. The van der Waals surface area contributed by atoms with Crippen LogP contribution in [0.3, 0.4) is 0 Å². The second-order valence-electron chi connectivity index (χ2n) is 7.73. The molecule has 170 valence electrons. The maximum absolute atomic E-state index is 13.6. The molecule has 1 aliphatic rings. The van der Waals surface area contributed by atoms with Gasteiger partial charge in [-0.15, -0.1) is 0 Å². The fraction of sp³-hybridized carbons (Fsp3) is 0.160. The van der Waals surface area contributed by atoms with Gasteiger partial charge in [-0.3, -0.25) is 4.79 Å². The van der Waals surface area contributed by atoms with Crippen LogP contribution in [-0.2, 0) is 21.2 Å². The molecule has 1 aliphatic heterocycles. The summed E-state index contributed by atoms with van der Waals surface area (Å²) in [5.74, 6) is -1.01. The van der Waals surface area contributed by atoms with Crippen LogP contribution in [0.15, 0.2) is 88.4 Å². The van der Waals surface area contributed by atoms with Crippen LogP contribution in [0.4, 0.5) is 0 Å². The Kier molecular flexibility index (Phi) is 6.19. The quantitative estimate of drug-likeness (QED) is 0.534. The van der Waals surface area contributed by atoms with Gasteiger partial charge in [-0.25, -0.2) is 8.42 Å². The number of aryl methyl sites for hydroxylation is 1. The minimum atomic E-state index is -4.18. The first-order valence-electron chi connectivity index (χ1n) is 10.2. The Morgan fingerprint density at radius 2 is 1.64 bits per heavy atom. The Hall–Kier alpha value is -3.29. The third-order valence-corrected chi connectivity index (χ3v) is 7.74. The molecule has 3 aromatic carbocycles. The minimum absolute atomic E-state index is 0.000514. The zero-order valence-electron chi connectivity index (χ0n) is 18.0. The van der Waals surface area contributed by atoms with Crippen LogP contribution in [0, 0.1) is 6.92 Å². The number of amides is 1. The average Bonchev–Trinajstić information content (AvgIpc) is 3.06. The van der Waals surface area contributed by atoms with Crippen molar-refractivity contribution >= 4 is 27.3 Å². The normalized spacial score (nSPS) is 16.4. The van der Waals surface area contributed by atoms with Crippen molar-refractivity contribution in [2.24, 2.45) is 0 Å². The highest BCUT2D eigenvalue weighted by Gasteiger charge is 2.47. The minimum Gasteiger partial charge on any atom is -0.502 e. The first kappa shape index (κ1) is 22.9. The lowest BCUT2D eigenvalue weighted by molar-refractivity contribution is -0.130. The van der Waals surface area contributed by atoms with E-state index in [2.05, 4.69) is 0 Å². The molecule has 0 aromatic heterocycles. The van der Waals surface area contributed by atoms with Crippen LogP contribution in [0.5, 0.6) is 5.75 Å². The number of aliphatic hydroxyl groups is 1. The van der Waals surface area contributed by atoms with Crippen molar-refractivity contribution in [2.45, 2.75) is 24.4 Å². The number of carbonyl (C=O) groups is 1. The fourth-order valence-corrected chi connectivity index (χ4v) is 5.68. The summed E-state index contributed by atoms with van der Waals surface area (Å²) in [6.07, 6.45) is 0. The van der Waals surface area contributed by atoms with Crippen molar-refractivity contribution in [3.05, 3.63) is 105 Å². The lowest BCUT2D eigenvalue weighted by atomic mass is 10.1. The molecule has 1 N–H and O–H groups in total. The number of sulfone groups is 1. The number of ether oxygens (including phenoxy) is 1. The molecule has 1 amide bonds. The van der Waals surface area contributed by atoms with Crippen LogP contribution < -0.4 is 4.74 Å².